The van der Waals surface area contributed by atoms with E-state index in [-0.39, 0.29) is 12.1 Å². The van der Waals surface area contributed by atoms with E-state index in [1.165, 1.54) is 4.57 Å². The number of nitrogens with zero attached hydrogens (tertiary/aromatic N) is 3. The summed E-state index contributed by atoms with van der Waals surface area (Å²) in [5, 5.41) is 7.34. The number of benzene rings is 1. The molecule has 2 aromatic rings. The molecule has 0 saturated heterocycles. The van der Waals surface area contributed by atoms with Crippen LogP contribution in [0.1, 0.15) is 23.1 Å². The van der Waals surface area contributed by atoms with Crippen molar-refractivity contribution in [3.8, 4) is 0 Å². The van der Waals surface area contributed by atoms with Crippen LogP contribution in [0, 0.1) is 18.6 Å². The van der Waals surface area contributed by atoms with Gasteiger partial charge in [0.15, 0.2) is 10.9 Å². The highest BCUT2D eigenvalue weighted by Crippen LogP contribution is 2.25. The van der Waals surface area contributed by atoms with Gasteiger partial charge in [0.2, 0.25) is 5.91 Å². The van der Waals surface area contributed by atoms with Crippen LogP contribution in [0.2, 0.25) is 0 Å². The van der Waals surface area contributed by atoms with Crippen LogP contribution in [0.15, 0.2) is 23.4 Å². The maximum Gasteiger partial charge on any atom is 0.237 e. The predicted molar refractivity (Wildman–Crippen MR) is 80.0 cm³/mol. The lowest BCUT2D eigenvalue weighted by Crippen LogP contribution is -2.21. The van der Waals surface area contributed by atoms with E-state index in [9.17, 15) is 18.4 Å². The smallest absolute Gasteiger partial charge is 0.237 e. The van der Waals surface area contributed by atoms with Gasteiger partial charge in [-0.2, -0.15) is 0 Å². The summed E-state index contributed by atoms with van der Waals surface area (Å²) in [6, 6.07) is 2.78. The molecule has 0 bridgehead atoms. The van der Waals surface area contributed by atoms with Gasteiger partial charge in [-0.25, -0.2) is 8.78 Å². The van der Waals surface area contributed by atoms with Gasteiger partial charge in [-0.05, 0) is 26.0 Å². The molecule has 0 aliphatic rings. The maximum absolute atomic E-state index is 13.7. The highest BCUT2D eigenvalue weighted by Gasteiger charge is 2.23. The minimum atomic E-state index is -0.919. The number of amides is 1. The third kappa shape index (κ3) is 3.92. The monoisotopic (exact) mass is 340 g/mol. The molecular formula is C14H14F2N4O2S. The van der Waals surface area contributed by atoms with Crippen LogP contribution in [0.25, 0.3) is 0 Å². The average Bonchev–Trinajstić information content (AvgIpc) is 2.79. The molecule has 0 unspecified atom stereocenters. The number of carbonyl (C=O) groups is 2. The molecule has 0 radical (unpaired) electrons. The second kappa shape index (κ2) is 6.86. The van der Waals surface area contributed by atoms with Crippen LogP contribution in [0.3, 0.4) is 0 Å². The molecule has 1 atom stereocenters. The summed E-state index contributed by atoms with van der Waals surface area (Å²) in [5.74, 6) is -2.29. The van der Waals surface area contributed by atoms with E-state index in [1.807, 2.05) is 0 Å². The van der Waals surface area contributed by atoms with E-state index in [0.29, 0.717) is 17.0 Å². The number of aromatic nitrogens is 3. The van der Waals surface area contributed by atoms with E-state index in [0.717, 1.165) is 23.9 Å². The largest absolute Gasteiger partial charge is 0.368 e. The number of Topliss-reactive ketones (excluding diaryl/α,β-unsaturated/α-hetero) is 1. The Morgan fingerprint density at radius 2 is 2.04 bits per heavy atom. The summed E-state index contributed by atoms with van der Waals surface area (Å²) in [6.07, 6.45) is 0. The molecule has 1 aromatic carbocycles. The first-order valence-electron chi connectivity index (χ1n) is 6.63. The molecule has 0 aliphatic carbocycles. The molecule has 1 aromatic heterocycles. The first-order chi connectivity index (χ1) is 10.8. The fraction of sp³-hybridized carbons (Fsp3) is 0.286. The number of nitrogens with two attached hydrogens (primary N) is 1. The Balaban J connectivity index is 2.20. The number of hydrogen-bond acceptors (Lipinski definition) is 5. The van der Waals surface area contributed by atoms with E-state index in [1.54, 1.807) is 13.8 Å². The Hall–Kier alpha value is -2.29. The molecule has 1 amide bonds. The Bertz CT molecular complexity index is 763. The summed E-state index contributed by atoms with van der Waals surface area (Å²) in [5.41, 5.74) is 4.96. The Morgan fingerprint density at radius 3 is 2.65 bits per heavy atom. The fourth-order valence-corrected chi connectivity index (χ4v) is 2.87. The van der Waals surface area contributed by atoms with Gasteiger partial charge in [0.05, 0.1) is 10.8 Å². The first-order valence-corrected chi connectivity index (χ1v) is 7.51. The summed E-state index contributed by atoms with van der Waals surface area (Å²) in [6.45, 7) is 3.09. The Kier molecular flexibility index (Phi) is 5.09. The van der Waals surface area contributed by atoms with Gasteiger partial charge in [0.25, 0.3) is 0 Å². The molecule has 6 nitrogen and oxygen atoms in total. The molecular weight excluding hydrogens is 326 g/mol. The zero-order chi connectivity index (χ0) is 17.1. The molecule has 23 heavy (non-hydrogen) atoms. The first kappa shape index (κ1) is 17.1. The van der Waals surface area contributed by atoms with Crippen LogP contribution in [-0.2, 0) is 11.3 Å². The van der Waals surface area contributed by atoms with Gasteiger partial charge in [0.1, 0.15) is 24.0 Å². The van der Waals surface area contributed by atoms with Crippen LogP contribution >= 0.6 is 11.8 Å². The summed E-state index contributed by atoms with van der Waals surface area (Å²) in [7, 11) is 0. The number of ketones is 1. The van der Waals surface area contributed by atoms with Crippen LogP contribution < -0.4 is 5.73 Å². The molecule has 2 rings (SSSR count). The van der Waals surface area contributed by atoms with E-state index in [2.05, 4.69) is 10.2 Å². The van der Waals surface area contributed by atoms with Crippen molar-refractivity contribution in [2.75, 3.05) is 0 Å². The quantitative estimate of drug-likeness (QED) is 0.638. The number of rotatable bonds is 6. The van der Waals surface area contributed by atoms with Gasteiger partial charge in [0, 0.05) is 6.07 Å². The van der Waals surface area contributed by atoms with Crippen LogP contribution in [-0.4, -0.2) is 31.7 Å². The third-order valence-corrected chi connectivity index (χ3v) is 4.14. The Labute approximate surface area is 135 Å². The second-order valence-electron chi connectivity index (χ2n) is 4.83. The van der Waals surface area contributed by atoms with E-state index in [4.69, 9.17) is 5.73 Å². The molecule has 1 heterocycles. The minimum Gasteiger partial charge on any atom is -0.368 e. The van der Waals surface area contributed by atoms with Crippen molar-refractivity contribution in [3.63, 3.8) is 0 Å². The lowest BCUT2D eigenvalue weighted by Gasteiger charge is -2.11. The molecule has 9 heteroatoms. The van der Waals surface area contributed by atoms with Crippen molar-refractivity contribution in [3.05, 3.63) is 41.2 Å². The average molecular weight is 340 g/mol. The van der Waals surface area contributed by atoms with E-state index < -0.39 is 28.6 Å². The van der Waals surface area contributed by atoms with Gasteiger partial charge < -0.3 is 5.73 Å². The molecule has 0 saturated carbocycles. The molecule has 0 aliphatic heterocycles. The molecule has 0 spiro atoms. The van der Waals surface area contributed by atoms with Crippen molar-refractivity contribution >= 4 is 23.5 Å². The van der Waals surface area contributed by atoms with Crippen molar-refractivity contribution in [2.45, 2.75) is 30.8 Å². The highest BCUT2D eigenvalue weighted by molar-refractivity contribution is 8.00. The van der Waals surface area contributed by atoms with Gasteiger partial charge >= 0.3 is 0 Å². The second-order valence-corrected chi connectivity index (χ2v) is 6.14. The van der Waals surface area contributed by atoms with Gasteiger partial charge in [-0.1, -0.05) is 11.8 Å². The van der Waals surface area contributed by atoms with Crippen LogP contribution in [0.4, 0.5) is 8.78 Å². The molecule has 122 valence electrons. The number of hydrogen-bond donors (Lipinski definition) is 1. The lowest BCUT2D eigenvalue weighted by atomic mass is 10.1. The van der Waals surface area contributed by atoms with Crippen molar-refractivity contribution in [2.24, 2.45) is 5.73 Å². The number of halogens is 2. The standard InChI is InChI=1S/C14H14F2N4O2S/c1-7(13(22)10-4-3-9(15)5-11(10)16)23-14-19-18-8(2)20(14)6-12(17)21/h3-5,7H,6H2,1-2H3,(H2,17,21)/t7-/m1/s1. The summed E-state index contributed by atoms with van der Waals surface area (Å²) >= 11 is 1.02. The van der Waals surface area contributed by atoms with Gasteiger partial charge in [-0.3, -0.25) is 14.2 Å². The number of thioether (sulfide) groups is 1. The van der Waals surface area contributed by atoms with Crippen molar-refractivity contribution in [1.82, 2.24) is 14.8 Å². The number of primary amides is 1. The lowest BCUT2D eigenvalue weighted by molar-refractivity contribution is -0.118. The molecule has 0 fully saturated rings. The highest BCUT2D eigenvalue weighted by atomic mass is 32.2. The zero-order valence-corrected chi connectivity index (χ0v) is 13.2. The van der Waals surface area contributed by atoms with Crippen molar-refractivity contribution in [1.29, 1.82) is 0 Å². The van der Waals surface area contributed by atoms with Crippen molar-refractivity contribution < 1.29 is 18.4 Å². The maximum atomic E-state index is 13.7. The summed E-state index contributed by atoms with van der Waals surface area (Å²) in [4.78, 5) is 23.4. The fourth-order valence-electron chi connectivity index (χ4n) is 1.91. The normalized spacial score (nSPS) is 12.2. The number of carbonyl (C=O) groups excluding carboxylic acids is 2. The topological polar surface area (TPSA) is 90.9 Å². The van der Waals surface area contributed by atoms with Crippen LogP contribution in [0.5, 0.6) is 0 Å². The van der Waals surface area contributed by atoms with E-state index >= 15 is 0 Å². The zero-order valence-electron chi connectivity index (χ0n) is 12.4. The SMILES string of the molecule is Cc1nnc(S[C@H](C)C(=O)c2ccc(F)cc2F)n1CC(N)=O. The summed E-state index contributed by atoms with van der Waals surface area (Å²) < 4.78 is 28.1. The third-order valence-electron chi connectivity index (χ3n) is 3.06. The Morgan fingerprint density at radius 1 is 1.35 bits per heavy atom. The molecule has 2 N–H and O–H groups in total. The number of aryl methyl sites for hydroxylation is 1. The predicted octanol–water partition coefficient (Wildman–Crippen LogP) is 1.71. The van der Waals surface area contributed by atoms with Gasteiger partial charge in [-0.15, -0.1) is 10.2 Å². The minimum absolute atomic E-state index is 0.118.